The fourth-order valence-electron chi connectivity index (χ4n) is 2.11. The van der Waals surface area contributed by atoms with Crippen LogP contribution >= 0.6 is 22.7 Å². The summed E-state index contributed by atoms with van der Waals surface area (Å²) in [7, 11) is 0. The Bertz CT molecular complexity index is 818. The largest absolute Gasteiger partial charge is 0.466 e. The molecule has 22 heavy (non-hydrogen) atoms. The van der Waals surface area contributed by atoms with Crippen LogP contribution in [0, 0.1) is 0 Å². The standard InChI is InChI=1S/C14H15N3O3S2/c1-2-20-11(18)4-3-5-15-12(19)10-8-9-13(22-10)16-14-17(9)6-7-21-14/h6-8H,2-5H2,1H3,(H,15,19). The molecule has 0 radical (unpaired) electrons. The number of imidazole rings is 1. The molecular weight excluding hydrogens is 322 g/mol. The van der Waals surface area contributed by atoms with Gasteiger partial charge in [-0.15, -0.1) is 22.7 Å². The molecule has 0 spiro atoms. The van der Waals surface area contributed by atoms with Gasteiger partial charge < -0.3 is 10.1 Å². The summed E-state index contributed by atoms with van der Waals surface area (Å²) in [5.41, 5.74) is 0.956. The lowest BCUT2D eigenvalue weighted by molar-refractivity contribution is -0.143. The maximum atomic E-state index is 12.1. The van der Waals surface area contributed by atoms with Crippen LogP contribution in [0.5, 0.6) is 0 Å². The van der Waals surface area contributed by atoms with Crippen molar-refractivity contribution in [3.63, 3.8) is 0 Å². The predicted molar refractivity (Wildman–Crippen MR) is 86.7 cm³/mol. The van der Waals surface area contributed by atoms with E-state index < -0.39 is 0 Å². The highest BCUT2D eigenvalue weighted by Gasteiger charge is 2.14. The molecule has 3 rings (SSSR count). The Morgan fingerprint density at radius 2 is 2.32 bits per heavy atom. The number of esters is 1. The van der Waals surface area contributed by atoms with E-state index in [1.807, 2.05) is 22.0 Å². The summed E-state index contributed by atoms with van der Waals surface area (Å²) in [5, 5.41) is 4.79. The lowest BCUT2D eigenvalue weighted by atomic mass is 10.3. The van der Waals surface area contributed by atoms with Crippen molar-refractivity contribution in [3.8, 4) is 0 Å². The van der Waals surface area contributed by atoms with Crippen LogP contribution in [0.2, 0.25) is 0 Å². The van der Waals surface area contributed by atoms with Gasteiger partial charge in [0, 0.05) is 24.5 Å². The maximum absolute atomic E-state index is 12.1. The number of thiophene rings is 1. The number of hydrogen-bond acceptors (Lipinski definition) is 6. The first-order chi connectivity index (χ1) is 10.7. The van der Waals surface area contributed by atoms with Gasteiger partial charge in [0.2, 0.25) is 0 Å². The van der Waals surface area contributed by atoms with E-state index in [0.29, 0.717) is 30.9 Å². The summed E-state index contributed by atoms with van der Waals surface area (Å²) in [4.78, 5) is 30.2. The van der Waals surface area contributed by atoms with E-state index in [9.17, 15) is 9.59 Å². The van der Waals surface area contributed by atoms with Gasteiger partial charge in [-0.05, 0) is 19.4 Å². The predicted octanol–water partition coefficient (Wildman–Crippen LogP) is 2.68. The molecule has 6 nitrogen and oxygen atoms in total. The Kier molecular flexibility index (Phi) is 4.39. The van der Waals surface area contributed by atoms with Crippen molar-refractivity contribution in [2.75, 3.05) is 13.2 Å². The second-order valence-electron chi connectivity index (χ2n) is 4.63. The molecule has 0 aliphatic heterocycles. The number of aromatic nitrogens is 2. The van der Waals surface area contributed by atoms with E-state index >= 15 is 0 Å². The van der Waals surface area contributed by atoms with Crippen molar-refractivity contribution in [1.29, 1.82) is 0 Å². The average Bonchev–Trinajstić information content (AvgIpc) is 3.14. The number of rotatable bonds is 6. The van der Waals surface area contributed by atoms with Crippen LogP contribution in [0.15, 0.2) is 17.6 Å². The number of nitrogens with zero attached hydrogens (tertiary/aromatic N) is 2. The van der Waals surface area contributed by atoms with Crippen LogP contribution in [-0.2, 0) is 9.53 Å². The van der Waals surface area contributed by atoms with Crippen LogP contribution in [-0.4, -0.2) is 34.4 Å². The molecule has 0 aromatic carbocycles. The first kappa shape index (κ1) is 15.0. The van der Waals surface area contributed by atoms with Crippen LogP contribution in [0.3, 0.4) is 0 Å². The minimum atomic E-state index is -0.230. The third-order valence-electron chi connectivity index (χ3n) is 3.11. The molecule has 3 aromatic rings. The zero-order valence-corrected chi connectivity index (χ0v) is 13.6. The highest BCUT2D eigenvalue weighted by atomic mass is 32.1. The number of ether oxygens (including phenoxy) is 1. The number of carbonyl (C=O) groups is 2. The molecule has 0 saturated heterocycles. The fourth-order valence-corrected chi connectivity index (χ4v) is 3.83. The highest BCUT2D eigenvalue weighted by Crippen LogP contribution is 2.28. The first-order valence-corrected chi connectivity index (χ1v) is 8.67. The molecule has 1 amide bonds. The van der Waals surface area contributed by atoms with Crippen LogP contribution < -0.4 is 5.32 Å². The maximum Gasteiger partial charge on any atom is 0.305 e. The van der Waals surface area contributed by atoms with E-state index in [2.05, 4.69) is 10.3 Å². The molecule has 0 saturated carbocycles. The van der Waals surface area contributed by atoms with Gasteiger partial charge in [0.05, 0.1) is 17.0 Å². The molecule has 3 heterocycles. The Labute approximate surface area is 134 Å². The second-order valence-corrected chi connectivity index (χ2v) is 6.54. The van der Waals surface area contributed by atoms with Gasteiger partial charge in [0.1, 0.15) is 4.83 Å². The number of carbonyl (C=O) groups excluding carboxylic acids is 2. The van der Waals surface area contributed by atoms with Crippen LogP contribution in [0.25, 0.3) is 15.3 Å². The van der Waals surface area contributed by atoms with Crippen molar-refractivity contribution in [2.24, 2.45) is 0 Å². The lowest BCUT2D eigenvalue weighted by Gasteiger charge is -2.03. The first-order valence-electron chi connectivity index (χ1n) is 6.98. The van der Waals surface area contributed by atoms with Crippen molar-refractivity contribution < 1.29 is 14.3 Å². The van der Waals surface area contributed by atoms with Gasteiger partial charge in [-0.2, -0.15) is 0 Å². The van der Waals surface area contributed by atoms with Gasteiger partial charge in [0.25, 0.3) is 5.91 Å². The lowest BCUT2D eigenvalue weighted by Crippen LogP contribution is -2.24. The van der Waals surface area contributed by atoms with Gasteiger partial charge in [-0.1, -0.05) is 0 Å². The number of hydrogen-bond donors (Lipinski definition) is 1. The molecule has 0 atom stereocenters. The molecule has 1 N–H and O–H groups in total. The van der Waals surface area contributed by atoms with Crippen LogP contribution in [0.1, 0.15) is 29.4 Å². The Balaban J connectivity index is 1.58. The summed E-state index contributed by atoms with van der Waals surface area (Å²) in [5.74, 6) is -0.358. The zero-order chi connectivity index (χ0) is 15.5. The molecule has 0 unspecified atom stereocenters. The quantitative estimate of drug-likeness (QED) is 0.554. The van der Waals surface area contributed by atoms with Crippen molar-refractivity contribution in [2.45, 2.75) is 19.8 Å². The van der Waals surface area contributed by atoms with Gasteiger partial charge >= 0.3 is 5.97 Å². The molecule has 3 aromatic heterocycles. The molecule has 0 bridgehead atoms. The summed E-state index contributed by atoms with van der Waals surface area (Å²) < 4.78 is 6.82. The molecule has 8 heteroatoms. The number of thiazole rings is 1. The second kappa shape index (κ2) is 6.45. The molecular formula is C14H15N3O3S2. The highest BCUT2D eigenvalue weighted by molar-refractivity contribution is 7.21. The minimum Gasteiger partial charge on any atom is -0.466 e. The average molecular weight is 337 g/mol. The normalized spacial score (nSPS) is 11.1. The van der Waals surface area contributed by atoms with Crippen LogP contribution in [0.4, 0.5) is 0 Å². The van der Waals surface area contributed by atoms with Crippen molar-refractivity contribution in [3.05, 3.63) is 22.5 Å². The van der Waals surface area contributed by atoms with E-state index in [1.54, 1.807) is 18.3 Å². The SMILES string of the molecule is CCOC(=O)CCCNC(=O)c1cc2c(nc3sccn32)s1. The summed E-state index contributed by atoms with van der Waals surface area (Å²) >= 11 is 2.95. The van der Waals surface area contributed by atoms with E-state index in [-0.39, 0.29) is 11.9 Å². The van der Waals surface area contributed by atoms with Gasteiger partial charge in [-0.25, -0.2) is 4.98 Å². The zero-order valence-electron chi connectivity index (χ0n) is 12.0. The molecule has 116 valence electrons. The Hall–Kier alpha value is -1.93. The van der Waals surface area contributed by atoms with Gasteiger partial charge in [-0.3, -0.25) is 14.0 Å². The minimum absolute atomic E-state index is 0.129. The molecule has 0 fully saturated rings. The van der Waals surface area contributed by atoms with E-state index in [1.165, 1.54) is 11.3 Å². The van der Waals surface area contributed by atoms with Crippen molar-refractivity contribution in [1.82, 2.24) is 14.7 Å². The van der Waals surface area contributed by atoms with E-state index in [4.69, 9.17) is 4.74 Å². The summed E-state index contributed by atoms with van der Waals surface area (Å²) in [6.07, 6.45) is 2.84. The number of amides is 1. The Morgan fingerprint density at radius 3 is 3.14 bits per heavy atom. The monoisotopic (exact) mass is 337 g/mol. The summed E-state index contributed by atoms with van der Waals surface area (Å²) in [6, 6.07) is 1.85. The Morgan fingerprint density at radius 1 is 1.45 bits per heavy atom. The van der Waals surface area contributed by atoms with Gasteiger partial charge in [0.15, 0.2) is 4.96 Å². The number of fused-ring (bicyclic) bond motifs is 3. The van der Waals surface area contributed by atoms with Crippen molar-refractivity contribution >= 4 is 49.9 Å². The third-order valence-corrected chi connectivity index (χ3v) is 4.89. The molecule has 0 aliphatic carbocycles. The topological polar surface area (TPSA) is 72.7 Å². The number of nitrogens with one attached hydrogen (secondary N) is 1. The van der Waals surface area contributed by atoms with E-state index in [0.717, 1.165) is 15.3 Å². The smallest absolute Gasteiger partial charge is 0.305 e. The third kappa shape index (κ3) is 2.97. The summed E-state index contributed by atoms with van der Waals surface area (Å²) in [6.45, 7) is 2.61. The molecule has 0 aliphatic rings. The fraction of sp³-hybridized carbons (Fsp3) is 0.357.